The van der Waals surface area contributed by atoms with Crippen molar-refractivity contribution in [3.63, 3.8) is 0 Å². The van der Waals surface area contributed by atoms with Gasteiger partial charge < -0.3 is 9.84 Å². The van der Waals surface area contributed by atoms with E-state index in [4.69, 9.17) is 9.84 Å². The van der Waals surface area contributed by atoms with Gasteiger partial charge in [-0.05, 0) is 19.3 Å². The van der Waals surface area contributed by atoms with Crippen LogP contribution in [0.25, 0.3) is 0 Å². The average Bonchev–Trinajstić information content (AvgIpc) is 2.72. The highest BCUT2D eigenvalue weighted by molar-refractivity contribution is 5.88. The topological polar surface area (TPSA) is 64.4 Å². The van der Waals surface area contributed by atoms with Crippen LogP contribution in [-0.4, -0.2) is 34.6 Å². The predicted molar refractivity (Wildman–Crippen MR) is 53.1 cm³/mol. The molecule has 5 nitrogen and oxygen atoms in total. The molecule has 82 valence electrons. The maximum Gasteiger partial charge on any atom is 0.354 e. The van der Waals surface area contributed by atoms with Crippen molar-refractivity contribution < 1.29 is 14.6 Å². The highest BCUT2D eigenvalue weighted by Crippen LogP contribution is 2.24. The Morgan fingerprint density at radius 2 is 2.40 bits per heavy atom. The number of aromatic nitrogens is 2. The smallest absolute Gasteiger partial charge is 0.354 e. The first-order valence-electron chi connectivity index (χ1n) is 5.05. The number of nitrogens with zero attached hydrogens (tertiary/aromatic N) is 2. The fraction of sp³-hybridized carbons (Fsp3) is 0.600. The van der Waals surface area contributed by atoms with E-state index < -0.39 is 5.97 Å². The van der Waals surface area contributed by atoms with E-state index in [0.717, 1.165) is 30.5 Å². The van der Waals surface area contributed by atoms with Crippen LogP contribution in [0.3, 0.4) is 0 Å². The lowest BCUT2D eigenvalue weighted by Gasteiger charge is -2.04. The number of aromatic carboxylic acids is 1. The minimum absolute atomic E-state index is 0.347. The number of ether oxygens (including phenoxy) is 1. The third-order valence-electron chi connectivity index (χ3n) is 2.68. The summed E-state index contributed by atoms with van der Waals surface area (Å²) in [6.07, 6.45) is 2.75. The minimum atomic E-state index is -0.887. The Kier molecular flexibility index (Phi) is 2.73. The van der Waals surface area contributed by atoms with Gasteiger partial charge in [0.25, 0.3) is 0 Å². The lowest BCUT2D eigenvalue weighted by Crippen LogP contribution is -2.14. The molecule has 1 heterocycles. The van der Waals surface area contributed by atoms with Crippen LogP contribution < -0.4 is 0 Å². The molecule has 0 saturated carbocycles. The summed E-state index contributed by atoms with van der Waals surface area (Å²) in [5.41, 5.74) is 2.21. The van der Waals surface area contributed by atoms with Gasteiger partial charge in [-0.25, -0.2) is 4.79 Å². The number of carboxylic acid groups (broad SMARTS) is 1. The van der Waals surface area contributed by atoms with Gasteiger partial charge in [-0.15, -0.1) is 0 Å². The zero-order chi connectivity index (χ0) is 10.8. The number of carbonyl (C=O) groups is 1. The minimum Gasteiger partial charge on any atom is -0.477 e. The molecule has 0 aromatic carbocycles. The van der Waals surface area contributed by atoms with Crippen molar-refractivity contribution in [3.8, 4) is 0 Å². The van der Waals surface area contributed by atoms with Crippen molar-refractivity contribution in [1.82, 2.24) is 9.78 Å². The van der Waals surface area contributed by atoms with Crippen molar-refractivity contribution in [1.29, 1.82) is 0 Å². The molecule has 1 aliphatic rings. The molecule has 0 radical (unpaired) electrons. The number of methoxy groups -OCH3 is 1. The first-order chi connectivity index (χ1) is 7.24. The van der Waals surface area contributed by atoms with Gasteiger partial charge in [0, 0.05) is 12.7 Å². The Balaban J connectivity index is 2.33. The van der Waals surface area contributed by atoms with Gasteiger partial charge in [0.1, 0.15) is 5.69 Å². The molecule has 0 bridgehead atoms. The second-order valence-electron chi connectivity index (χ2n) is 3.65. The number of fused-ring (bicyclic) bond motifs is 1. The van der Waals surface area contributed by atoms with Gasteiger partial charge in [-0.2, -0.15) is 5.10 Å². The maximum absolute atomic E-state index is 11.1. The molecule has 15 heavy (non-hydrogen) atoms. The largest absolute Gasteiger partial charge is 0.477 e. The van der Waals surface area contributed by atoms with E-state index in [1.54, 1.807) is 11.8 Å². The van der Waals surface area contributed by atoms with Gasteiger partial charge in [-0.1, -0.05) is 0 Å². The van der Waals surface area contributed by atoms with Gasteiger partial charge >= 0.3 is 5.97 Å². The van der Waals surface area contributed by atoms with E-state index in [0.29, 0.717) is 18.8 Å². The normalized spacial score (nSPS) is 14.2. The summed E-state index contributed by atoms with van der Waals surface area (Å²) in [5, 5.41) is 13.4. The number of hydrogen-bond donors (Lipinski definition) is 1. The number of aryl methyl sites for hydroxylation is 1. The van der Waals surface area contributed by atoms with Crippen LogP contribution in [0.5, 0.6) is 0 Å². The second-order valence-corrected chi connectivity index (χ2v) is 3.65. The van der Waals surface area contributed by atoms with E-state index in [-0.39, 0.29) is 0 Å². The van der Waals surface area contributed by atoms with Crippen LogP contribution in [0, 0.1) is 0 Å². The van der Waals surface area contributed by atoms with Gasteiger partial charge in [0.05, 0.1) is 18.8 Å². The second kappa shape index (κ2) is 4.02. The molecule has 1 aromatic heterocycles. The maximum atomic E-state index is 11.1. The Labute approximate surface area is 87.7 Å². The molecular formula is C10H14N2O3. The molecule has 2 rings (SSSR count). The van der Waals surface area contributed by atoms with Crippen molar-refractivity contribution in [2.45, 2.75) is 25.8 Å². The molecule has 0 atom stereocenters. The standard InChI is InChI=1S/C10H14N2O3/c1-15-6-5-12-9(10(13)14)7-3-2-4-8(7)11-12/h2-6H2,1H3,(H,13,14). The van der Waals surface area contributed by atoms with Gasteiger partial charge in [0.15, 0.2) is 0 Å². The van der Waals surface area contributed by atoms with E-state index in [9.17, 15) is 4.79 Å². The summed E-state index contributed by atoms with van der Waals surface area (Å²) in [7, 11) is 1.59. The zero-order valence-corrected chi connectivity index (χ0v) is 8.69. The molecular weight excluding hydrogens is 196 g/mol. The van der Waals surface area contributed by atoms with Crippen molar-refractivity contribution >= 4 is 5.97 Å². The van der Waals surface area contributed by atoms with Crippen LogP contribution in [0.1, 0.15) is 28.2 Å². The number of hydrogen-bond acceptors (Lipinski definition) is 3. The molecule has 0 aliphatic heterocycles. The Bertz CT molecular complexity index is 384. The molecule has 1 N–H and O–H groups in total. The SMILES string of the molecule is COCCn1nc2c(c1C(=O)O)CCC2. The number of carboxylic acids is 1. The summed E-state index contributed by atoms with van der Waals surface area (Å²) in [4.78, 5) is 11.1. The van der Waals surface area contributed by atoms with Crippen LogP contribution in [-0.2, 0) is 24.1 Å². The molecule has 0 saturated heterocycles. The summed E-state index contributed by atoms with van der Waals surface area (Å²) >= 11 is 0. The van der Waals surface area contributed by atoms with Gasteiger partial charge in [-0.3, -0.25) is 4.68 Å². The van der Waals surface area contributed by atoms with Crippen LogP contribution in [0.4, 0.5) is 0 Å². The molecule has 5 heteroatoms. The first kappa shape index (κ1) is 10.2. The van der Waals surface area contributed by atoms with Crippen LogP contribution in [0.2, 0.25) is 0 Å². The summed E-state index contributed by atoms with van der Waals surface area (Å²) < 4.78 is 6.48. The van der Waals surface area contributed by atoms with E-state index in [1.807, 2.05) is 0 Å². The van der Waals surface area contributed by atoms with E-state index in [2.05, 4.69) is 5.10 Å². The molecule has 0 fully saturated rings. The monoisotopic (exact) mass is 210 g/mol. The van der Waals surface area contributed by atoms with Crippen molar-refractivity contribution in [3.05, 3.63) is 17.0 Å². The molecule has 0 amide bonds. The van der Waals surface area contributed by atoms with Crippen molar-refractivity contribution in [2.75, 3.05) is 13.7 Å². The van der Waals surface area contributed by atoms with Crippen LogP contribution in [0.15, 0.2) is 0 Å². The fourth-order valence-corrected chi connectivity index (χ4v) is 2.02. The third-order valence-corrected chi connectivity index (χ3v) is 2.68. The first-order valence-corrected chi connectivity index (χ1v) is 5.05. The Morgan fingerprint density at radius 3 is 3.07 bits per heavy atom. The van der Waals surface area contributed by atoms with E-state index in [1.165, 1.54) is 0 Å². The summed E-state index contributed by atoms with van der Waals surface area (Å²) in [6.45, 7) is 0.992. The zero-order valence-electron chi connectivity index (χ0n) is 8.69. The summed E-state index contributed by atoms with van der Waals surface area (Å²) in [5.74, 6) is -0.887. The lowest BCUT2D eigenvalue weighted by molar-refractivity contribution is 0.0679. The molecule has 0 spiro atoms. The highest BCUT2D eigenvalue weighted by Gasteiger charge is 2.25. The molecule has 0 unspecified atom stereocenters. The van der Waals surface area contributed by atoms with E-state index >= 15 is 0 Å². The van der Waals surface area contributed by atoms with Crippen LogP contribution >= 0.6 is 0 Å². The Hall–Kier alpha value is -1.36. The molecule has 1 aromatic rings. The highest BCUT2D eigenvalue weighted by atomic mass is 16.5. The quantitative estimate of drug-likeness (QED) is 0.795. The average molecular weight is 210 g/mol. The van der Waals surface area contributed by atoms with Gasteiger partial charge in [0.2, 0.25) is 0 Å². The third kappa shape index (κ3) is 1.74. The Morgan fingerprint density at radius 1 is 1.60 bits per heavy atom. The predicted octanol–water partition coefficient (Wildman–Crippen LogP) is 0.716. The molecule has 1 aliphatic carbocycles. The number of rotatable bonds is 4. The lowest BCUT2D eigenvalue weighted by atomic mass is 10.2. The summed E-state index contributed by atoms with van der Waals surface area (Å²) in [6, 6.07) is 0. The fourth-order valence-electron chi connectivity index (χ4n) is 2.02. The van der Waals surface area contributed by atoms with Crippen molar-refractivity contribution in [2.24, 2.45) is 0 Å².